The predicted octanol–water partition coefficient (Wildman–Crippen LogP) is 2.78. The third-order valence-electron chi connectivity index (χ3n) is 3.65. The van der Waals surface area contributed by atoms with Crippen molar-refractivity contribution in [3.05, 3.63) is 41.5 Å². The van der Waals surface area contributed by atoms with E-state index < -0.39 is 0 Å². The van der Waals surface area contributed by atoms with Gasteiger partial charge in [-0.1, -0.05) is 43.1 Å². The van der Waals surface area contributed by atoms with Crippen molar-refractivity contribution in [2.45, 2.75) is 38.1 Å². The SMILES string of the molecule is CCCC[C@H](N)c1nc(C2COc3ccccc32)no1. The molecule has 5 heteroatoms. The maximum atomic E-state index is 6.06. The molecule has 0 spiro atoms. The topological polar surface area (TPSA) is 74.2 Å². The first kappa shape index (κ1) is 13.1. The molecule has 2 heterocycles. The van der Waals surface area contributed by atoms with Crippen molar-refractivity contribution >= 4 is 0 Å². The van der Waals surface area contributed by atoms with Crippen LogP contribution >= 0.6 is 0 Å². The first-order valence-corrected chi connectivity index (χ1v) is 7.10. The fourth-order valence-electron chi connectivity index (χ4n) is 2.46. The zero-order chi connectivity index (χ0) is 13.9. The Kier molecular flexibility index (Phi) is 3.69. The van der Waals surface area contributed by atoms with E-state index in [0.29, 0.717) is 18.3 Å². The van der Waals surface area contributed by atoms with Gasteiger partial charge >= 0.3 is 0 Å². The Morgan fingerprint density at radius 3 is 3.10 bits per heavy atom. The van der Waals surface area contributed by atoms with E-state index in [1.807, 2.05) is 24.3 Å². The van der Waals surface area contributed by atoms with Crippen LogP contribution in [-0.4, -0.2) is 16.7 Å². The number of nitrogens with zero attached hydrogens (tertiary/aromatic N) is 2. The Balaban J connectivity index is 1.78. The van der Waals surface area contributed by atoms with E-state index in [9.17, 15) is 0 Å². The molecule has 1 aromatic heterocycles. The number of para-hydroxylation sites is 1. The third-order valence-corrected chi connectivity index (χ3v) is 3.65. The van der Waals surface area contributed by atoms with Crippen LogP contribution in [0, 0.1) is 0 Å². The number of unbranched alkanes of at least 4 members (excludes halogenated alkanes) is 1. The second kappa shape index (κ2) is 5.63. The number of hydrogen-bond donors (Lipinski definition) is 1. The number of hydrogen-bond acceptors (Lipinski definition) is 5. The molecular formula is C15H19N3O2. The Morgan fingerprint density at radius 1 is 1.40 bits per heavy atom. The number of rotatable bonds is 5. The summed E-state index contributed by atoms with van der Waals surface area (Å²) in [6.07, 6.45) is 3.04. The van der Waals surface area contributed by atoms with Gasteiger partial charge in [-0.2, -0.15) is 4.98 Å². The van der Waals surface area contributed by atoms with Crippen molar-refractivity contribution in [3.8, 4) is 5.75 Å². The maximum absolute atomic E-state index is 6.06. The number of nitrogens with two attached hydrogens (primary N) is 1. The first-order valence-electron chi connectivity index (χ1n) is 7.10. The smallest absolute Gasteiger partial charge is 0.243 e. The fraction of sp³-hybridized carbons (Fsp3) is 0.467. The zero-order valence-electron chi connectivity index (χ0n) is 11.6. The largest absolute Gasteiger partial charge is 0.492 e. The molecule has 106 valence electrons. The molecule has 0 radical (unpaired) electrons. The van der Waals surface area contributed by atoms with Crippen LogP contribution in [0.25, 0.3) is 0 Å². The second-order valence-electron chi connectivity index (χ2n) is 5.14. The summed E-state index contributed by atoms with van der Waals surface area (Å²) in [5, 5.41) is 4.08. The third kappa shape index (κ3) is 2.41. The number of aromatic nitrogens is 2. The highest BCUT2D eigenvalue weighted by Gasteiger charge is 2.30. The maximum Gasteiger partial charge on any atom is 0.243 e. The summed E-state index contributed by atoms with van der Waals surface area (Å²) in [6, 6.07) is 7.79. The van der Waals surface area contributed by atoms with E-state index in [1.165, 1.54) is 0 Å². The van der Waals surface area contributed by atoms with Crippen molar-refractivity contribution in [1.82, 2.24) is 10.1 Å². The standard InChI is InChI=1S/C15H19N3O2/c1-2-3-7-12(16)15-17-14(18-20-15)11-9-19-13-8-5-4-6-10(11)13/h4-6,8,11-12H,2-3,7,9,16H2,1H3/t11?,12-/m0/s1. The Labute approximate surface area is 118 Å². The van der Waals surface area contributed by atoms with Gasteiger partial charge in [0.2, 0.25) is 5.89 Å². The van der Waals surface area contributed by atoms with Crippen LogP contribution in [0.2, 0.25) is 0 Å². The average Bonchev–Trinajstić information content (AvgIpc) is 3.10. The van der Waals surface area contributed by atoms with E-state index in [0.717, 1.165) is 30.6 Å². The second-order valence-corrected chi connectivity index (χ2v) is 5.14. The quantitative estimate of drug-likeness (QED) is 0.906. The summed E-state index contributed by atoms with van der Waals surface area (Å²) in [5.41, 5.74) is 7.17. The van der Waals surface area contributed by atoms with Gasteiger partial charge in [0.05, 0.1) is 12.0 Å². The Hall–Kier alpha value is -1.88. The molecule has 2 atom stereocenters. The van der Waals surface area contributed by atoms with Crippen molar-refractivity contribution in [1.29, 1.82) is 0 Å². The lowest BCUT2D eigenvalue weighted by molar-refractivity contribution is 0.325. The molecule has 2 aromatic rings. The molecule has 3 rings (SSSR count). The highest BCUT2D eigenvalue weighted by atomic mass is 16.5. The van der Waals surface area contributed by atoms with Gasteiger partial charge in [-0.05, 0) is 12.5 Å². The van der Waals surface area contributed by atoms with Gasteiger partial charge < -0.3 is 15.0 Å². The summed E-state index contributed by atoms with van der Waals surface area (Å²) < 4.78 is 11.0. The summed E-state index contributed by atoms with van der Waals surface area (Å²) in [4.78, 5) is 4.46. The molecule has 5 nitrogen and oxygen atoms in total. The van der Waals surface area contributed by atoms with Crippen LogP contribution in [0.5, 0.6) is 5.75 Å². The van der Waals surface area contributed by atoms with Crippen molar-refractivity contribution in [2.24, 2.45) is 5.73 Å². The van der Waals surface area contributed by atoms with Crippen LogP contribution in [-0.2, 0) is 0 Å². The number of benzene rings is 1. The molecular weight excluding hydrogens is 254 g/mol. The van der Waals surface area contributed by atoms with Crippen LogP contribution in [0.15, 0.2) is 28.8 Å². The van der Waals surface area contributed by atoms with E-state index >= 15 is 0 Å². The molecule has 0 fully saturated rings. The fourth-order valence-corrected chi connectivity index (χ4v) is 2.46. The average molecular weight is 273 g/mol. The van der Waals surface area contributed by atoms with Crippen LogP contribution in [0.3, 0.4) is 0 Å². The highest BCUT2D eigenvalue weighted by molar-refractivity contribution is 5.42. The van der Waals surface area contributed by atoms with Gasteiger partial charge in [-0.25, -0.2) is 0 Å². The van der Waals surface area contributed by atoms with Crippen LogP contribution < -0.4 is 10.5 Å². The van der Waals surface area contributed by atoms with E-state index in [4.69, 9.17) is 15.0 Å². The zero-order valence-corrected chi connectivity index (χ0v) is 11.6. The highest BCUT2D eigenvalue weighted by Crippen LogP contribution is 2.36. The lowest BCUT2D eigenvalue weighted by Crippen LogP contribution is -2.11. The van der Waals surface area contributed by atoms with E-state index in [2.05, 4.69) is 17.1 Å². The van der Waals surface area contributed by atoms with Crippen molar-refractivity contribution in [3.63, 3.8) is 0 Å². The lowest BCUT2D eigenvalue weighted by Gasteiger charge is -2.04. The van der Waals surface area contributed by atoms with Crippen LogP contribution in [0.4, 0.5) is 0 Å². The van der Waals surface area contributed by atoms with Crippen molar-refractivity contribution in [2.75, 3.05) is 6.61 Å². The van der Waals surface area contributed by atoms with Gasteiger partial charge in [0.15, 0.2) is 5.82 Å². The van der Waals surface area contributed by atoms with E-state index in [1.54, 1.807) is 0 Å². The summed E-state index contributed by atoms with van der Waals surface area (Å²) in [5.74, 6) is 2.14. The molecule has 1 aromatic carbocycles. The van der Waals surface area contributed by atoms with Gasteiger partial charge in [-0.3, -0.25) is 0 Å². The molecule has 1 aliphatic heterocycles. The minimum atomic E-state index is -0.172. The van der Waals surface area contributed by atoms with Gasteiger partial charge in [0, 0.05) is 5.56 Å². The van der Waals surface area contributed by atoms with Crippen molar-refractivity contribution < 1.29 is 9.26 Å². The molecule has 1 unspecified atom stereocenters. The molecule has 1 aliphatic rings. The van der Waals surface area contributed by atoms with E-state index in [-0.39, 0.29) is 12.0 Å². The van der Waals surface area contributed by atoms with Gasteiger partial charge in [0.25, 0.3) is 0 Å². The Bertz CT molecular complexity index is 582. The van der Waals surface area contributed by atoms with Crippen LogP contribution in [0.1, 0.15) is 55.4 Å². The summed E-state index contributed by atoms with van der Waals surface area (Å²) >= 11 is 0. The minimum Gasteiger partial charge on any atom is -0.492 e. The molecule has 0 bridgehead atoms. The summed E-state index contributed by atoms with van der Waals surface area (Å²) in [7, 11) is 0. The summed E-state index contributed by atoms with van der Waals surface area (Å²) in [6.45, 7) is 2.70. The Morgan fingerprint density at radius 2 is 2.25 bits per heavy atom. The predicted molar refractivity (Wildman–Crippen MR) is 74.5 cm³/mol. The molecule has 0 saturated heterocycles. The molecule has 0 aliphatic carbocycles. The molecule has 20 heavy (non-hydrogen) atoms. The molecule has 2 N–H and O–H groups in total. The number of ether oxygens (including phenoxy) is 1. The first-order chi connectivity index (χ1) is 9.79. The number of fused-ring (bicyclic) bond motifs is 1. The molecule has 0 amide bonds. The lowest BCUT2D eigenvalue weighted by atomic mass is 10.0. The monoisotopic (exact) mass is 273 g/mol. The van der Waals surface area contributed by atoms with Gasteiger partial charge in [0.1, 0.15) is 12.4 Å². The minimum absolute atomic E-state index is 0.0436. The molecule has 0 saturated carbocycles. The normalized spacial score (nSPS) is 18.6. The van der Waals surface area contributed by atoms with Gasteiger partial charge in [-0.15, -0.1) is 0 Å².